The minimum atomic E-state index is -0.856. The Morgan fingerprint density at radius 1 is 1.30 bits per heavy atom. The summed E-state index contributed by atoms with van der Waals surface area (Å²) in [5.74, 6) is 0.0184. The maximum atomic E-state index is 11.2. The summed E-state index contributed by atoms with van der Waals surface area (Å²) < 4.78 is 0. The van der Waals surface area contributed by atoms with Crippen LogP contribution in [0.15, 0.2) is 30.6 Å². The van der Waals surface area contributed by atoms with Gasteiger partial charge in [-0.15, -0.1) is 0 Å². The van der Waals surface area contributed by atoms with Crippen molar-refractivity contribution in [3.05, 3.63) is 53.0 Å². The largest absolute Gasteiger partial charge is 0.478 e. The quantitative estimate of drug-likeness (QED) is 0.903. The van der Waals surface area contributed by atoms with Crippen LogP contribution in [0.2, 0.25) is 0 Å². The van der Waals surface area contributed by atoms with E-state index in [1.165, 1.54) is 0 Å². The first kappa shape index (κ1) is 12.6. The summed E-state index contributed by atoms with van der Waals surface area (Å²) in [6.45, 7) is 3.37. The van der Waals surface area contributed by atoms with Crippen molar-refractivity contribution >= 4 is 11.8 Å². The van der Waals surface area contributed by atoms with Gasteiger partial charge in [0.15, 0.2) is 0 Å². The van der Waals surface area contributed by atoms with E-state index in [9.17, 15) is 9.90 Å². The molecule has 1 aliphatic heterocycles. The molecule has 0 saturated carbocycles. The lowest BCUT2D eigenvalue weighted by molar-refractivity contribution is 0.0695. The minimum absolute atomic E-state index is 0.415. The van der Waals surface area contributed by atoms with Crippen LogP contribution in [0.25, 0.3) is 0 Å². The molecule has 102 valence electrons. The molecular weight excluding hydrogens is 254 g/mol. The van der Waals surface area contributed by atoms with E-state index in [1.807, 2.05) is 13.0 Å². The Morgan fingerprint density at radius 2 is 2.10 bits per heavy atom. The van der Waals surface area contributed by atoms with Crippen molar-refractivity contribution in [1.29, 1.82) is 0 Å². The van der Waals surface area contributed by atoms with E-state index < -0.39 is 5.97 Å². The lowest BCUT2D eigenvalue weighted by atomic mass is 9.94. The highest BCUT2D eigenvalue weighted by molar-refractivity contribution is 5.90. The van der Waals surface area contributed by atoms with E-state index in [0.29, 0.717) is 18.5 Å². The number of nitrogens with zero attached hydrogens (tertiary/aromatic N) is 3. The van der Waals surface area contributed by atoms with Gasteiger partial charge in [-0.2, -0.15) is 0 Å². The third-order valence-corrected chi connectivity index (χ3v) is 3.65. The molecule has 5 nitrogen and oxygen atoms in total. The molecule has 0 radical (unpaired) electrons. The number of benzene rings is 1. The van der Waals surface area contributed by atoms with Crippen LogP contribution in [-0.4, -0.2) is 27.6 Å². The molecule has 0 bridgehead atoms. The zero-order chi connectivity index (χ0) is 14.1. The Balaban J connectivity index is 1.96. The van der Waals surface area contributed by atoms with Crippen LogP contribution < -0.4 is 4.90 Å². The average molecular weight is 269 g/mol. The van der Waals surface area contributed by atoms with Crippen molar-refractivity contribution in [2.45, 2.75) is 19.9 Å². The molecule has 3 rings (SSSR count). The standard InChI is InChI=1S/C15H15N3O2/c1-10-14(17-7-6-16-10)18-8-5-12-11(9-18)3-2-4-13(12)15(19)20/h2-4,6-7H,5,8-9H2,1H3,(H,19,20). The van der Waals surface area contributed by atoms with Gasteiger partial charge in [0.05, 0.1) is 11.3 Å². The lowest BCUT2D eigenvalue weighted by Crippen LogP contribution is -2.32. The molecule has 1 N–H and O–H groups in total. The van der Waals surface area contributed by atoms with E-state index in [1.54, 1.807) is 24.5 Å². The maximum Gasteiger partial charge on any atom is 0.335 e. The number of hydrogen-bond acceptors (Lipinski definition) is 4. The molecule has 1 aromatic carbocycles. The SMILES string of the molecule is Cc1nccnc1N1CCc2c(cccc2C(=O)O)C1. The third-order valence-electron chi connectivity index (χ3n) is 3.65. The van der Waals surface area contributed by atoms with Gasteiger partial charge < -0.3 is 10.0 Å². The molecule has 0 unspecified atom stereocenters. The van der Waals surface area contributed by atoms with Gasteiger partial charge in [0, 0.05) is 25.5 Å². The molecule has 0 saturated heterocycles. The molecule has 1 aromatic heterocycles. The van der Waals surface area contributed by atoms with Crippen LogP contribution in [-0.2, 0) is 13.0 Å². The zero-order valence-electron chi connectivity index (χ0n) is 11.2. The fourth-order valence-electron chi connectivity index (χ4n) is 2.70. The first-order valence-electron chi connectivity index (χ1n) is 6.53. The van der Waals surface area contributed by atoms with Crippen molar-refractivity contribution < 1.29 is 9.90 Å². The molecule has 1 aliphatic rings. The van der Waals surface area contributed by atoms with Gasteiger partial charge in [-0.25, -0.2) is 9.78 Å². The van der Waals surface area contributed by atoms with Gasteiger partial charge in [-0.3, -0.25) is 4.98 Å². The van der Waals surface area contributed by atoms with Crippen molar-refractivity contribution in [3.8, 4) is 0 Å². The van der Waals surface area contributed by atoms with Crippen molar-refractivity contribution in [3.63, 3.8) is 0 Å². The molecule has 0 aliphatic carbocycles. The summed E-state index contributed by atoms with van der Waals surface area (Å²) in [6.07, 6.45) is 4.08. The number of fused-ring (bicyclic) bond motifs is 1. The topological polar surface area (TPSA) is 66.3 Å². The third kappa shape index (κ3) is 2.11. The molecule has 0 fully saturated rings. The summed E-state index contributed by atoms with van der Waals surface area (Å²) in [4.78, 5) is 22.0. The number of aryl methyl sites for hydroxylation is 1. The number of rotatable bonds is 2. The Kier molecular flexibility index (Phi) is 3.10. The Labute approximate surface area is 116 Å². The van der Waals surface area contributed by atoms with Gasteiger partial charge >= 0.3 is 5.97 Å². The molecule has 20 heavy (non-hydrogen) atoms. The summed E-state index contributed by atoms with van der Waals surface area (Å²) in [7, 11) is 0. The molecule has 0 atom stereocenters. The van der Waals surface area contributed by atoms with Gasteiger partial charge in [0.1, 0.15) is 5.82 Å². The molecule has 2 aromatic rings. The van der Waals surface area contributed by atoms with Crippen molar-refractivity contribution in [1.82, 2.24) is 9.97 Å². The predicted octanol–water partition coefficient (Wildman–Crippen LogP) is 2.05. The number of carboxylic acid groups (broad SMARTS) is 1. The van der Waals surface area contributed by atoms with Crippen LogP contribution in [0.5, 0.6) is 0 Å². The molecular formula is C15H15N3O2. The Morgan fingerprint density at radius 3 is 2.85 bits per heavy atom. The zero-order valence-corrected chi connectivity index (χ0v) is 11.2. The number of carbonyl (C=O) groups is 1. The molecule has 0 spiro atoms. The molecule has 0 amide bonds. The number of aromatic nitrogens is 2. The number of carboxylic acids is 1. The highest BCUT2D eigenvalue weighted by atomic mass is 16.4. The second kappa shape index (κ2) is 4.92. The second-order valence-electron chi connectivity index (χ2n) is 4.89. The fraction of sp³-hybridized carbons (Fsp3) is 0.267. The van der Waals surface area contributed by atoms with Crippen LogP contribution >= 0.6 is 0 Å². The van der Waals surface area contributed by atoms with E-state index in [0.717, 1.165) is 29.2 Å². The Hall–Kier alpha value is -2.43. The summed E-state index contributed by atoms with van der Waals surface area (Å²) in [6, 6.07) is 5.46. The Bertz CT molecular complexity index is 670. The fourth-order valence-corrected chi connectivity index (χ4v) is 2.70. The van der Waals surface area contributed by atoms with Gasteiger partial charge in [-0.05, 0) is 30.5 Å². The summed E-state index contributed by atoms with van der Waals surface area (Å²) in [5, 5.41) is 9.23. The van der Waals surface area contributed by atoms with Crippen molar-refractivity contribution in [2.24, 2.45) is 0 Å². The number of hydrogen-bond donors (Lipinski definition) is 1. The lowest BCUT2D eigenvalue weighted by Gasteiger charge is -2.31. The molecule has 2 heterocycles. The minimum Gasteiger partial charge on any atom is -0.478 e. The predicted molar refractivity (Wildman–Crippen MR) is 74.9 cm³/mol. The highest BCUT2D eigenvalue weighted by Gasteiger charge is 2.22. The average Bonchev–Trinajstić information content (AvgIpc) is 2.46. The molecule has 5 heteroatoms. The van der Waals surface area contributed by atoms with Gasteiger partial charge in [-0.1, -0.05) is 12.1 Å². The first-order valence-corrected chi connectivity index (χ1v) is 6.53. The van der Waals surface area contributed by atoms with Gasteiger partial charge in [0.25, 0.3) is 0 Å². The van der Waals surface area contributed by atoms with Crippen molar-refractivity contribution in [2.75, 3.05) is 11.4 Å². The normalized spacial score (nSPS) is 13.9. The van der Waals surface area contributed by atoms with E-state index in [4.69, 9.17) is 0 Å². The number of aromatic carboxylic acids is 1. The maximum absolute atomic E-state index is 11.2. The first-order chi connectivity index (χ1) is 9.66. The monoisotopic (exact) mass is 269 g/mol. The van der Waals surface area contributed by atoms with E-state index in [-0.39, 0.29) is 0 Å². The number of anilines is 1. The second-order valence-corrected chi connectivity index (χ2v) is 4.89. The summed E-state index contributed by atoms with van der Waals surface area (Å²) >= 11 is 0. The van der Waals surface area contributed by atoms with Crippen LogP contribution in [0.3, 0.4) is 0 Å². The smallest absolute Gasteiger partial charge is 0.335 e. The van der Waals surface area contributed by atoms with Gasteiger partial charge in [0.2, 0.25) is 0 Å². The van der Waals surface area contributed by atoms with Crippen LogP contribution in [0.4, 0.5) is 5.82 Å². The van der Waals surface area contributed by atoms with E-state index >= 15 is 0 Å². The van der Waals surface area contributed by atoms with E-state index in [2.05, 4.69) is 14.9 Å². The highest BCUT2D eigenvalue weighted by Crippen LogP contribution is 2.26. The van der Waals surface area contributed by atoms with Crippen LogP contribution in [0.1, 0.15) is 27.2 Å². The summed E-state index contributed by atoms with van der Waals surface area (Å²) in [5.41, 5.74) is 3.31. The van der Waals surface area contributed by atoms with Crippen LogP contribution in [0, 0.1) is 6.92 Å².